The molecule has 0 N–H and O–H groups in total. The number of rotatable bonds is 2. The minimum atomic E-state index is -0.247. The van der Waals surface area contributed by atoms with Crippen molar-refractivity contribution >= 4 is 17.8 Å². The fraction of sp³-hybridized carbons (Fsp3) is 0.364. The van der Waals surface area contributed by atoms with E-state index in [0.29, 0.717) is 0 Å². The number of oxime groups is 1. The van der Waals surface area contributed by atoms with E-state index in [9.17, 15) is 0 Å². The fourth-order valence-electron chi connectivity index (χ4n) is 0.794. The Bertz CT molecular complexity index is 311. The first-order valence-electron chi connectivity index (χ1n) is 4.44. The molecule has 0 unspecified atom stereocenters. The molecule has 1 rings (SSSR count). The SMILES string of the molecule is CC(C)(C)ON=Cc1ccc(Cl)cc1. The third-order valence-electron chi connectivity index (χ3n) is 1.40. The minimum absolute atomic E-state index is 0.247. The van der Waals surface area contributed by atoms with Gasteiger partial charge in [-0.25, -0.2) is 0 Å². The summed E-state index contributed by atoms with van der Waals surface area (Å²) >= 11 is 5.74. The van der Waals surface area contributed by atoms with Crippen LogP contribution in [0.15, 0.2) is 29.4 Å². The van der Waals surface area contributed by atoms with Crippen LogP contribution in [0.25, 0.3) is 0 Å². The van der Waals surface area contributed by atoms with Gasteiger partial charge in [-0.15, -0.1) is 0 Å². The zero-order valence-electron chi connectivity index (χ0n) is 8.62. The Labute approximate surface area is 89.5 Å². The zero-order chi connectivity index (χ0) is 10.6. The average molecular weight is 212 g/mol. The molecule has 0 radical (unpaired) electrons. The third-order valence-corrected chi connectivity index (χ3v) is 1.65. The lowest BCUT2D eigenvalue weighted by molar-refractivity contribution is 0.00199. The molecule has 0 aromatic heterocycles. The van der Waals surface area contributed by atoms with Crippen LogP contribution in [0.5, 0.6) is 0 Å². The van der Waals surface area contributed by atoms with Gasteiger partial charge >= 0.3 is 0 Å². The summed E-state index contributed by atoms with van der Waals surface area (Å²) in [6.45, 7) is 5.85. The average Bonchev–Trinajstić information content (AvgIpc) is 2.06. The molecule has 1 aromatic rings. The topological polar surface area (TPSA) is 21.6 Å². The number of nitrogens with zero attached hydrogens (tertiary/aromatic N) is 1. The van der Waals surface area contributed by atoms with Crippen LogP contribution in [0, 0.1) is 0 Å². The highest BCUT2D eigenvalue weighted by atomic mass is 35.5. The van der Waals surface area contributed by atoms with E-state index < -0.39 is 0 Å². The van der Waals surface area contributed by atoms with Gasteiger partial charge in [-0.1, -0.05) is 28.9 Å². The van der Waals surface area contributed by atoms with E-state index in [4.69, 9.17) is 16.4 Å². The Kier molecular flexibility index (Phi) is 3.53. The summed E-state index contributed by atoms with van der Waals surface area (Å²) in [6, 6.07) is 7.41. The standard InChI is InChI=1S/C11H14ClNO/c1-11(2,3)14-13-8-9-4-6-10(12)7-5-9/h4-8H,1-3H3. The summed E-state index contributed by atoms with van der Waals surface area (Å²) in [7, 11) is 0. The molecule has 2 nitrogen and oxygen atoms in total. The Morgan fingerprint density at radius 1 is 1.21 bits per heavy atom. The van der Waals surface area contributed by atoms with E-state index in [-0.39, 0.29) is 5.60 Å². The quantitative estimate of drug-likeness (QED) is 0.542. The van der Waals surface area contributed by atoms with Gasteiger partial charge < -0.3 is 4.84 Å². The van der Waals surface area contributed by atoms with E-state index in [1.54, 1.807) is 6.21 Å². The largest absolute Gasteiger partial charge is 0.390 e. The Morgan fingerprint density at radius 2 is 1.79 bits per heavy atom. The van der Waals surface area contributed by atoms with Crippen LogP contribution in [-0.2, 0) is 4.84 Å². The van der Waals surface area contributed by atoms with Gasteiger partial charge in [-0.05, 0) is 38.5 Å². The van der Waals surface area contributed by atoms with Crippen LogP contribution in [0.3, 0.4) is 0 Å². The zero-order valence-corrected chi connectivity index (χ0v) is 9.38. The first kappa shape index (κ1) is 11.1. The number of halogens is 1. The van der Waals surface area contributed by atoms with Crippen LogP contribution in [0.2, 0.25) is 5.02 Å². The minimum Gasteiger partial charge on any atom is -0.390 e. The molecule has 0 saturated carbocycles. The van der Waals surface area contributed by atoms with Crippen molar-refractivity contribution in [3.63, 3.8) is 0 Å². The van der Waals surface area contributed by atoms with Gasteiger partial charge in [-0.3, -0.25) is 0 Å². The molecule has 3 heteroatoms. The van der Waals surface area contributed by atoms with Crippen LogP contribution < -0.4 is 0 Å². The first-order chi connectivity index (χ1) is 6.47. The van der Waals surface area contributed by atoms with Gasteiger partial charge in [0, 0.05) is 5.02 Å². The predicted octanol–water partition coefficient (Wildman–Crippen LogP) is 3.49. The Hall–Kier alpha value is -1.02. The van der Waals surface area contributed by atoms with E-state index >= 15 is 0 Å². The maximum absolute atomic E-state index is 5.74. The molecule has 0 fully saturated rings. The van der Waals surface area contributed by atoms with E-state index in [1.807, 2.05) is 45.0 Å². The molecule has 0 aliphatic heterocycles. The van der Waals surface area contributed by atoms with Crippen LogP contribution in [0.1, 0.15) is 26.3 Å². The summed E-state index contributed by atoms with van der Waals surface area (Å²) < 4.78 is 0. The molecule has 0 saturated heterocycles. The highest BCUT2D eigenvalue weighted by Gasteiger charge is 2.08. The number of hydrogen-bond donors (Lipinski definition) is 0. The number of benzene rings is 1. The second-order valence-corrected chi connectivity index (χ2v) is 4.43. The highest BCUT2D eigenvalue weighted by molar-refractivity contribution is 6.30. The molecule has 1 aromatic carbocycles. The molecule has 0 amide bonds. The molecule has 0 bridgehead atoms. The predicted molar refractivity (Wildman–Crippen MR) is 59.9 cm³/mol. The van der Waals surface area contributed by atoms with Crippen molar-refractivity contribution in [3.05, 3.63) is 34.9 Å². The molecule has 0 aliphatic rings. The second-order valence-electron chi connectivity index (χ2n) is 3.99. The van der Waals surface area contributed by atoms with Crippen LogP contribution >= 0.6 is 11.6 Å². The van der Waals surface area contributed by atoms with E-state index in [2.05, 4.69) is 5.16 Å². The molecular weight excluding hydrogens is 198 g/mol. The first-order valence-corrected chi connectivity index (χ1v) is 4.82. The van der Waals surface area contributed by atoms with E-state index in [0.717, 1.165) is 10.6 Å². The third kappa shape index (κ3) is 4.28. The molecular formula is C11H14ClNO. The second kappa shape index (κ2) is 4.47. The van der Waals surface area contributed by atoms with Gasteiger partial charge in [0.2, 0.25) is 0 Å². The summed E-state index contributed by atoms with van der Waals surface area (Å²) in [5, 5.41) is 4.60. The molecule has 0 aliphatic carbocycles. The van der Waals surface area contributed by atoms with E-state index in [1.165, 1.54) is 0 Å². The van der Waals surface area contributed by atoms with Crippen molar-refractivity contribution < 1.29 is 4.84 Å². The lowest BCUT2D eigenvalue weighted by atomic mass is 10.2. The molecule has 0 atom stereocenters. The molecule has 76 valence electrons. The lowest BCUT2D eigenvalue weighted by Crippen LogP contribution is -2.15. The molecule has 0 heterocycles. The normalized spacial score (nSPS) is 12.0. The maximum atomic E-state index is 5.74. The fourth-order valence-corrected chi connectivity index (χ4v) is 0.920. The summed E-state index contributed by atoms with van der Waals surface area (Å²) in [5.74, 6) is 0. The van der Waals surface area contributed by atoms with Crippen molar-refractivity contribution in [1.82, 2.24) is 0 Å². The highest BCUT2D eigenvalue weighted by Crippen LogP contribution is 2.09. The summed E-state index contributed by atoms with van der Waals surface area (Å²) in [6.07, 6.45) is 1.67. The number of hydrogen-bond acceptors (Lipinski definition) is 2. The van der Waals surface area contributed by atoms with Crippen LogP contribution in [-0.4, -0.2) is 11.8 Å². The lowest BCUT2D eigenvalue weighted by Gasteiger charge is -2.14. The van der Waals surface area contributed by atoms with Crippen molar-refractivity contribution in [2.75, 3.05) is 0 Å². The van der Waals surface area contributed by atoms with Gasteiger partial charge in [0.1, 0.15) is 5.60 Å². The van der Waals surface area contributed by atoms with Gasteiger partial charge in [-0.2, -0.15) is 0 Å². The summed E-state index contributed by atoms with van der Waals surface area (Å²) in [5.41, 5.74) is 0.724. The Balaban J connectivity index is 2.57. The molecule has 14 heavy (non-hydrogen) atoms. The van der Waals surface area contributed by atoms with Gasteiger partial charge in [0.05, 0.1) is 6.21 Å². The smallest absolute Gasteiger partial charge is 0.129 e. The monoisotopic (exact) mass is 211 g/mol. The van der Waals surface area contributed by atoms with Gasteiger partial charge in [0.15, 0.2) is 0 Å². The Morgan fingerprint density at radius 3 is 2.29 bits per heavy atom. The molecule has 0 spiro atoms. The maximum Gasteiger partial charge on any atom is 0.129 e. The van der Waals surface area contributed by atoms with Crippen molar-refractivity contribution in [2.24, 2.45) is 5.16 Å². The van der Waals surface area contributed by atoms with Crippen LogP contribution in [0.4, 0.5) is 0 Å². The summed E-state index contributed by atoms with van der Waals surface area (Å²) in [4.78, 5) is 5.20. The van der Waals surface area contributed by atoms with Gasteiger partial charge in [0.25, 0.3) is 0 Å². The van der Waals surface area contributed by atoms with Crippen molar-refractivity contribution in [1.29, 1.82) is 0 Å². The van der Waals surface area contributed by atoms with Crippen molar-refractivity contribution in [2.45, 2.75) is 26.4 Å². The van der Waals surface area contributed by atoms with Crippen molar-refractivity contribution in [3.8, 4) is 0 Å².